The minimum absolute atomic E-state index is 0.0325. The number of hydrogen-bond acceptors (Lipinski definition) is 7. The van der Waals surface area contributed by atoms with Gasteiger partial charge in [-0.25, -0.2) is 9.78 Å². The number of fused-ring (bicyclic) bond motifs is 2. The zero-order valence-corrected chi connectivity index (χ0v) is 21.3. The molecular formula is C28H28F3N3O5. The molecule has 3 aromatic rings. The lowest BCUT2D eigenvalue weighted by Gasteiger charge is -2.39. The van der Waals surface area contributed by atoms with Crippen LogP contribution in [0.2, 0.25) is 0 Å². The van der Waals surface area contributed by atoms with Crippen LogP contribution in [0.15, 0.2) is 40.9 Å². The van der Waals surface area contributed by atoms with Gasteiger partial charge in [-0.3, -0.25) is 0 Å². The van der Waals surface area contributed by atoms with Crippen molar-refractivity contribution >= 4 is 11.8 Å². The van der Waals surface area contributed by atoms with Gasteiger partial charge in [-0.15, -0.1) is 13.2 Å². The zero-order chi connectivity index (χ0) is 27.3. The van der Waals surface area contributed by atoms with Crippen molar-refractivity contribution in [1.82, 2.24) is 10.1 Å². The van der Waals surface area contributed by atoms with E-state index in [1.54, 1.807) is 12.1 Å². The van der Waals surface area contributed by atoms with Crippen molar-refractivity contribution in [1.29, 1.82) is 0 Å². The standard InChI is InChI=1S/C28H28F3N3O5/c1-15-10-22(27(35)36)32-24(11-15)34-17-8-9-18(34)13-19(12-17)37-14-21-25(33-39-26(21)16-6-7-16)20-4-2-3-5-23(20)38-28(29,30)31/h2-5,10-11,16-19H,6-9,12-14H2,1H3,(H,35,36). The molecule has 1 aliphatic carbocycles. The summed E-state index contributed by atoms with van der Waals surface area (Å²) < 4.78 is 55.5. The second kappa shape index (κ2) is 9.86. The lowest BCUT2D eigenvalue weighted by molar-refractivity contribution is -0.274. The second-order valence-electron chi connectivity index (χ2n) is 10.6. The fourth-order valence-corrected chi connectivity index (χ4v) is 5.94. The first-order valence-electron chi connectivity index (χ1n) is 13.1. The van der Waals surface area contributed by atoms with Gasteiger partial charge in [-0.1, -0.05) is 17.3 Å². The number of para-hydroxylation sites is 1. The summed E-state index contributed by atoms with van der Waals surface area (Å²) in [5.41, 5.74) is 2.06. The maximum atomic E-state index is 13.1. The predicted octanol–water partition coefficient (Wildman–Crippen LogP) is 6.24. The summed E-state index contributed by atoms with van der Waals surface area (Å²) in [4.78, 5) is 18.2. The van der Waals surface area contributed by atoms with Crippen LogP contribution in [0, 0.1) is 6.92 Å². The number of carboxylic acid groups (broad SMARTS) is 1. The first kappa shape index (κ1) is 25.7. The number of aromatic carboxylic acids is 1. The Morgan fingerprint density at radius 2 is 1.85 bits per heavy atom. The quantitative estimate of drug-likeness (QED) is 0.357. The molecule has 2 aromatic heterocycles. The summed E-state index contributed by atoms with van der Waals surface area (Å²) in [6, 6.07) is 9.73. The average Bonchev–Trinajstić information content (AvgIpc) is 3.58. The molecule has 0 amide bonds. The molecule has 2 saturated heterocycles. The minimum Gasteiger partial charge on any atom is -0.477 e. The Bertz CT molecular complexity index is 1370. The van der Waals surface area contributed by atoms with Crippen LogP contribution in [-0.4, -0.2) is 45.8 Å². The third-order valence-electron chi connectivity index (χ3n) is 7.73. The van der Waals surface area contributed by atoms with Gasteiger partial charge in [0, 0.05) is 29.1 Å². The molecule has 3 fully saturated rings. The van der Waals surface area contributed by atoms with Crippen LogP contribution in [0.5, 0.6) is 5.75 Å². The number of carboxylic acids is 1. The fraction of sp³-hybridized carbons (Fsp3) is 0.464. The van der Waals surface area contributed by atoms with Gasteiger partial charge in [0.15, 0.2) is 5.69 Å². The van der Waals surface area contributed by atoms with Gasteiger partial charge in [0.2, 0.25) is 0 Å². The monoisotopic (exact) mass is 543 g/mol. The van der Waals surface area contributed by atoms with Crippen LogP contribution < -0.4 is 9.64 Å². The first-order chi connectivity index (χ1) is 18.7. The number of carbonyl (C=O) groups is 1. The molecular weight excluding hydrogens is 515 g/mol. The van der Waals surface area contributed by atoms with Crippen molar-refractivity contribution in [2.45, 2.75) is 82.5 Å². The van der Waals surface area contributed by atoms with Crippen molar-refractivity contribution in [2.24, 2.45) is 0 Å². The highest BCUT2D eigenvalue weighted by atomic mass is 19.4. The van der Waals surface area contributed by atoms with Crippen molar-refractivity contribution in [3.8, 4) is 17.0 Å². The molecule has 206 valence electrons. The lowest BCUT2D eigenvalue weighted by Crippen LogP contribution is -2.46. The molecule has 2 aliphatic heterocycles. The number of aromatic nitrogens is 2. The first-order valence-corrected chi connectivity index (χ1v) is 13.1. The summed E-state index contributed by atoms with van der Waals surface area (Å²) >= 11 is 0. The van der Waals surface area contributed by atoms with Gasteiger partial charge in [-0.2, -0.15) is 0 Å². The SMILES string of the molecule is Cc1cc(C(=O)O)nc(N2C3CCC2CC(OCc2c(-c4ccccc4OC(F)(F)F)noc2C2CC2)C3)c1. The Morgan fingerprint density at radius 3 is 2.51 bits per heavy atom. The summed E-state index contributed by atoms with van der Waals surface area (Å²) in [6.07, 6.45) is 0.356. The number of anilines is 1. The largest absolute Gasteiger partial charge is 0.573 e. The van der Waals surface area contributed by atoms with Gasteiger partial charge in [-0.05, 0) is 75.3 Å². The number of hydrogen-bond donors (Lipinski definition) is 1. The van der Waals surface area contributed by atoms with Gasteiger partial charge in [0.25, 0.3) is 0 Å². The van der Waals surface area contributed by atoms with E-state index in [1.165, 1.54) is 18.2 Å². The van der Waals surface area contributed by atoms with Crippen molar-refractivity contribution in [2.75, 3.05) is 4.90 Å². The number of benzene rings is 1. The number of aryl methyl sites for hydroxylation is 1. The molecule has 2 unspecified atom stereocenters. The third-order valence-corrected chi connectivity index (χ3v) is 7.73. The predicted molar refractivity (Wildman–Crippen MR) is 134 cm³/mol. The molecule has 2 atom stereocenters. The molecule has 6 rings (SSSR count). The molecule has 3 aliphatic rings. The van der Waals surface area contributed by atoms with Crippen LogP contribution in [0.4, 0.5) is 19.0 Å². The minimum atomic E-state index is -4.83. The van der Waals surface area contributed by atoms with Crippen LogP contribution in [-0.2, 0) is 11.3 Å². The van der Waals surface area contributed by atoms with Gasteiger partial charge in [0.05, 0.1) is 12.7 Å². The highest BCUT2D eigenvalue weighted by Crippen LogP contribution is 2.46. The molecule has 8 nitrogen and oxygen atoms in total. The van der Waals surface area contributed by atoms with Crippen LogP contribution >= 0.6 is 0 Å². The van der Waals surface area contributed by atoms with Crippen molar-refractivity contribution in [3.63, 3.8) is 0 Å². The molecule has 39 heavy (non-hydrogen) atoms. The molecule has 1 saturated carbocycles. The van der Waals surface area contributed by atoms with E-state index in [-0.39, 0.29) is 47.7 Å². The topological polar surface area (TPSA) is 97.9 Å². The summed E-state index contributed by atoms with van der Waals surface area (Å²) in [5, 5.41) is 13.6. The van der Waals surface area contributed by atoms with Gasteiger partial charge in [0.1, 0.15) is 23.0 Å². The number of halogens is 3. The lowest BCUT2D eigenvalue weighted by atomic mass is 9.99. The Labute approximate surface area is 222 Å². The van der Waals surface area contributed by atoms with E-state index in [0.29, 0.717) is 22.8 Å². The van der Waals surface area contributed by atoms with E-state index in [2.05, 4.69) is 19.8 Å². The smallest absolute Gasteiger partial charge is 0.477 e. The van der Waals surface area contributed by atoms with E-state index >= 15 is 0 Å². The van der Waals surface area contributed by atoms with Crippen molar-refractivity contribution < 1.29 is 37.1 Å². The number of nitrogens with zero attached hydrogens (tertiary/aromatic N) is 3. The van der Waals surface area contributed by atoms with Crippen LogP contribution in [0.3, 0.4) is 0 Å². The van der Waals surface area contributed by atoms with E-state index in [0.717, 1.165) is 44.1 Å². The zero-order valence-electron chi connectivity index (χ0n) is 21.3. The second-order valence-corrected chi connectivity index (χ2v) is 10.6. The van der Waals surface area contributed by atoms with Crippen LogP contribution in [0.1, 0.15) is 71.8 Å². The van der Waals surface area contributed by atoms with Crippen molar-refractivity contribution in [3.05, 3.63) is 59.0 Å². The Hall–Kier alpha value is -3.60. The summed E-state index contributed by atoms with van der Waals surface area (Å²) in [5.74, 6) is 0.145. The number of pyridine rings is 1. The Balaban J connectivity index is 1.21. The van der Waals surface area contributed by atoms with Crippen LogP contribution in [0.25, 0.3) is 11.3 Å². The molecule has 1 aromatic carbocycles. The summed E-state index contributed by atoms with van der Waals surface area (Å²) in [7, 11) is 0. The number of alkyl halides is 3. The normalized spacial score (nSPS) is 22.8. The maximum absolute atomic E-state index is 13.1. The number of rotatable bonds is 8. The fourth-order valence-electron chi connectivity index (χ4n) is 5.94. The molecule has 11 heteroatoms. The highest BCUT2D eigenvalue weighted by molar-refractivity contribution is 5.86. The van der Waals surface area contributed by atoms with Gasteiger partial charge < -0.3 is 24.0 Å². The van der Waals surface area contributed by atoms with E-state index < -0.39 is 12.3 Å². The Kier molecular flexibility index (Phi) is 6.49. The molecule has 1 N–H and O–H groups in total. The summed E-state index contributed by atoms with van der Waals surface area (Å²) in [6.45, 7) is 2.03. The average molecular weight is 544 g/mol. The Morgan fingerprint density at radius 1 is 1.13 bits per heavy atom. The number of piperidine rings is 1. The van der Waals surface area contributed by atoms with E-state index in [1.807, 2.05) is 13.0 Å². The van der Waals surface area contributed by atoms with E-state index in [9.17, 15) is 23.1 Å². The molecule has 2 bridgehead atoms. The molecule has 4 heterocycles. The highest BCUT2D eigenvalue weighted by Gasteiger charge is 2.43. The van der Waals surface area contributed by atoms with E-state index in [4.69, 9.17) is 9.26 Å². The molecule has 0 radical (unpaired) electrons. The maximum Gasteiger partial charge on any atom is 0.573 e. The molecule has 0 spiro atoms. The number of ether oxygens (including phenoxy) is 2. The van der Waals surface area contributed by atoms with Gasteiger partial charge >= 0.3 is 12.3 Å². The third kappa shape index (κ3) is 5.32.